The summed E-state index contributed by atoms with van der Waals surface area (Å²) in [6.45, 7) is 6.49. The van der Waals surface area contributed by atoms with Crippen molar-refractivity contribution in [3.8, 4) is 0 Å². The Morgan fingerprint density at radius 3 is 2.83 bits per heavy atom. The molecule has 5 heteroatoms. The van der Waals surface area contributed by atoms with Crippen molar-refractivity contribution in [1.82, 2.24) is 10.5 Å². The average Bonchev–Trinajstić information content (AvgIpc) is 3.16. The third-order valence-corrected chi connectivity index (χ3v) is 4.51. The first-order valence-corrected chi connectivity index (χ1v) is 8.12. The van der Waals surface area contributed by atoms with Gasteiger partial charge in [0.2, 0.25) is 5.91 Å². The first-order chi connectivity index (χ1) is 11.1. The maximum absolute atomic E-state index is 12.1. The van der Waals surface area contributed by atoms with E-state index in [9.17, 15) is 4.79 Å². The van der Waals surface area contributed by atoms with Gasteiger partial charge in [-0.15, -0.1) is 0 Å². The molecule has 1 N–H and O–H groups in total. The van der Waals surface area contributed by atoms with E-state index in [0.29, 0.717) is 12.3 Å². The van der Waals surface area contributed by atoms with Gasteiger partial charge < -0.3 is 14.7 Å². The van der Waals surface area contributed by atoms with Crippen LogP contribution >= 0.6 is 0 Å². The van der Waals surface area contributed by atoms with E-state index in [1.807, 2.05) is 19.9 Å². The summed E-state index contributed by atoms with van der Waals surface area (Å²) in [6.07, 6.45) is 1.46. The van der Waals surface area contributed by atoms with Crippen molar-refractivity contribution in [1.29, 1.82) is 0 Å². The van der Waals surface area contributed by atoms with Crippen molar-refractivity contribution < 1.29 is 9.32 Å². The van der Waals surface area contributed by atoms with Gasteiger partial charge in [0.1, 0.15) is 5.76 Å². The molecule has 0 saturated carbocycles. The van der Waals surface area contributed by atoms with Crippen LogP contribution in [-0.4, -0.2) is 30.7 Å². The van der Waals surface area contributed by atoms with E-state index in [1.165, 1.54) is 5.69 Å². The van der Waals surface area contributed by atoms with Crippen LogP contribution < -0.4 is 10.2 Å². The van der Waals surface area contributed by atoms with Gasteiger partial charge in [0, 0.05) is 30.9 Å². The van der Waals surface area contributed by atoms with Crippen LogP contribution in [0.5, 0.6) is 0 Å². The van der Waals surface area contributed by atoms with Crippen LogP contribution in [0.3, 0.4) is 0 Å². The highest BCUT2D eigenvalue weighted by atomic mass is 16.5. The summed E-state index contributed by atoms with van der Waals surface area (Å²) in [5.74, 6) is 1.27. The van der Waals surface area contributed by atoms with Crippen molar-refractivity contribution in [3.63, 3.8) is 0 Å². The predicted molar refractivity (Wildman–Crippen MR) is 89.5 cm³/mol. The van der Waals surface area contributed by atoms with Crippen LogP contribution in [0.1, 0.15) is 23.4 Å². The molecule has 1 aliphatic heterocycles. The average molecular weight is 313 g/mol. The standard InChI is InChI=1S/C18H23N3O2/c1-13-17(14(2)23-20-13)10-18(22)19-11-15-8-9-21(12-15)16-6-4-3-5-7-16/h3-7,15H,8-12H2,1-2H3,(H,19,22)/t15-/m0/s1. The predicted octanol–water partition coefficient (Wildman–Crippen LogP) is 2.48. The van der Waals surface area contributed by atoms with Crippen LogP contribution in [0, 0.1) is 19.8 Å². The van der Waals surface area contributed by atoms with Crippen molar-refractivity contribution >= 4 is 11.6 Å². The molecule has 1 fully saturated rings. The molecule has 1 saturated heterocycles. The van der Waals surface area contributed by atoms with Gasteiger partial charge in [-0.1, -0.05) is 23.4 Å². The topological polar surface area (TPSA) is 58.4 Å². The second-order valence-electron chi connectivity index (χ2n) is 6.22. The number of amides is 1. The molecular weight excluding hydrogens is 290 g/mol. The maximum Gasteiger partial charge on any atom is 0.224 e. The third-order valence-electron chi connectivity index (χ3n) is 4.51. The van der Waals surface area contributed by atoms with Gasteiger partial charge in [0.05, 0.1) is 12.1 Å². The third kappa shape index (κ3) is 3.73. The number of aromatic nitrogens is 1. The number of carbonyl (C=O) groups is 1. The Balaban J connectivity index is 1.47. The molecule has 0 bridgehead atoms. The fraction of sp³-hybridized carbons (Fsp3) is 0.444. The maximum atomic E-state index is 12.1. The van der Waals surface area contributed by atoms with Gasteiger partial charge in [0.25, 0.3) is 0 Å². The highest BCUT2D eigenvalue weighted by Crippen LogP contribution is 2.23. The monoisotopic (exact) mass is 313 g/mol. The van der Waals surface area contributed by atoms with Crippen molar-refractivity contribution in [2.45, 2.75) is 26.7 Å². The zero-order valence-corrected chi connectivity index (χ0v) is 13.7. The number of para-hydroxylation sites is 1. The van der Waals surface area contributed by atoms with Crippen LogP contribution in [0.25, 0.3) is 0 Å². The van der Waals surface area contributed by atoms with E-state index in [4.69, 9.17) is 4.52 Å². The summed E-state index contributed by atoms with van der Waals surface area (Å²) in [6, 6.07) is 10.4. The molecular formula is C18H23N3O2. The Morgan fingerprint density at radius 1 is 1.35 bits per heavy atom. The first kappa shape index (κ1) is 15.6. The van der Waals surface area contributed by atoms with E-state index in [-0.39, 0.29) is 5.91 Å². The number of nitrogens with zero attached hydrogens (tertiary/aromatic N) is 2. The van der Waals surface area contributed by atoms with E-state index in [1.54, 1.807) is 0 Å². The Morgan fingerprint density at radius 2 is 2.13 bits per heavy atom. The zero-order chi connectivity index (χ0) is 16.2. The molecule has 1 aromatic carbocycles. The summed E-state index contributed by atoms with van der Waals surface area (Å²) in [5.41, 5.74) is 2.96. The Bertz CT molecular complexity index is 647. The quantitative estimate of drug-likeness (QED) is 0.921. The molecule has 5 nitrogen and oxygen atoms in total. The number of hydrogen-bond donors (Lipinski definition) is 1. The summed E-state index contributed by atoms with van der Waals surface area (Å²) in [4.78, 5) is 14.5. The molecule has 3 rings (SSSR count). The number of carbonyl (C=O) groups excluding carboxylic acids is 1. The minimum atomic E-state index is 0.0394. The molecule has 0 aliphatic carbocycles. The molecule has 1 atom stereocenters. The molecule has 2 heterocycles. The molecule has 1 aliphatic rings. The molecule has 122 valence electrons. The van der Waals surface area contributed by atoms with Gasteiger partial charge >= 0.3 is 0 Å². The second-order valence-corrected chi connectivity index (χ2v) is 6.22. The fourth-order valence-corrected chi connectivity index (χ4v) is 3.11. The summed E-state index contributed by atoms with van der Waals surface area (Å²) in [5, 5.41) is 6.94. The van der Waals surface area contributed by atoms with Crippen molar-refractivity contribution in [2.24, 2.45) is 5.92 Å². The highest BCUT2D eigenvalue weighted by Gasteiger charge is 2.23. The lowest BCUT2D eigenvalue weighted by molar-refractivity contribution is -0.120. The minimum Gasteiger partial charge on any atom is -0.371 e. The van der Waals surface area contributed by atoms with E-state index >= 15 is 0 Å². The smallest absolute Gasteiger partial charge is 0.224 e. The Kier molecular flexibility index (Phi) is 4.65. The summed E-state index contributed by atoms with van der Waals surface area (Å²) < 4.78 is 5.10. The Hall–Kier alpha value is -2.30. The van der Waals surface area contributed by atoms with E-state index < -0.39 is 0 Å². The summed E-state index contributed by atoms with van der Waals surface area (Å²) in [7, 11) is 0. The Labute approximate surface area is 136 Å². The van der Waals surface area contributed by atoms with Gasteiger partial charge in [-0.2, -0.15) is 0 Å². The number of rotatable bonds is 5. The first-order valence-electron chi connectivity index (χ1n) is 8.12. The van der Waals surface area contributed by atoms with E-state index in [2.05, 4.69) is 39.6 Å². The lowest BCUT2D eigenvalue weighted by Gasteiger charge is -2.18. The van der Waals surface area contributed by atoms with Crippen LogP contribution in [0.15, 0.2) is 34.9 Å². The highest BCUT2D eigenvalue weighted by molar-refractivity contribution is 5.79. The largest absolute Gasteiger partial charge is 0.371 e. The molecule has 1 amide bonds. The normalized spacial score (nSPS) is 17.5. The summed E-state index contributed by atoms with van der Waals surface area (Å²) >= 11 is 0. The molecule has 0 unspecified atom stereocenters. The zero-order valence-electron chi connectivity index (χ0n) is 13.7. The van der Waals surface area contributed by atoms with Gasteiger partial charge in [-0.05, 0) is 38.3 Å². The van der Waals surface area contributed by atoms with Crippen molar-refractivity contribution in [2.75, 3.05) is 24.5 Å². The lowest BCUT2D eigenvalue weighted by Crippen LogP contribution is -2.32. The molecule has 1 aromatic heterocycles. The fourth-order valence-electron chi connectivity index (χ4n) is 3.11. The number of benzene rings is 1. The number of anilines is 1. The van der Waals surface area contributed by atoms with E-state index in [0.717, 1.165) is 43.1 Å². The van der Waals surface area contributed by atoms with Crippen LogP contribution in [0.4, 0.5) is 5.69 Å². The SMILES string of the molecule is Cc1noc(C)c1CC(=O)NC[C@@H]1CCN(c2ccccc2)C1. The van der Waals surface area contributed by atoms with Gasteiger partial charge in [0.15, 0.2) is 0 Å². The second kappa shape index (κ2) is 6.86. The van der Waals surface area contributed by atoms with Crippen LogP contribution in [0.2, 0.25) is 0 Å². The number of hydrogen-bond acceptors (Lipinski definition) is 4. The molecule has 2 aromatic rings. The van der Waals surface area contributed by atoms with Gasteiger partial charge in [-0.3, -0.25) is 4.79 Å². The van der Waals surface area contributed by atoms with Gasteiger partial charge in [-0.25, -0.2) is 0 Å². The van der Waals surface area contributed by atoms with Crippen molar-refractivity contribution in [3.05, 3.63) is 47.3 Å². The number of nitrogens with one attached hydrogen (secondary N) is 1. The molecule has 0 spiro atoms. The van der Waals surface area contributed by atoms with Crippen LogP contribution in [-0.2, 0) is 11.2 Å². The lowest BCUT2D eigenvalue weighted by atomic mass is 10.1. The minimum absolute atomic E-state index is 0.0394. The molecule has 23 heavy (non-hydrogen) atoms. The molecule has 0 radical (unpaired) electrons. The number of aryl methyl sites for hydroxylation is 2.